The van der Waals surface area contributed by atoms with E-state index < -0.39 is 0 Å². The molecule has 0 radical (unpaired) electrons. The molecule has 4 heteroatoms. The van der Waals surface area contributed by atoms with E-state index in [4.69, 9.17) is 4.74 Å². The number of hydrogen-bond donors (Lipinski definition) is 2. The smallest absolute Gasteiger partial charge is 0.220 e. The number of hydrogen-bond acceptors (Lipinski definition) is 3. The summed E-state index contributed by atoms with van der Waals surface area (Å²) in [6.07, 6.45) is 3.48. The largest absolute Gasteiger partial charge is 0.382 e. The van der Waals surface area contributed by atoms with Gasteiger partial charge in [0, 0.05) is 31.7 Å². The van der Waals surface area contributed by atoms with Crippen LogP contribution in [0.4, 0.5) is 0 Å². The third-order valence-corrected chi connectivity index (χ3v) is 2.89. The Morgan fingerprint density at radius 3 is 3.06 bits per heavy atom. The van der Waals surface area contributed by atoms with Gasteiger partial charge >= 0.3 is 0 Å². The lowest BCUT2D eigenvalue weighted by Gasteiger charge is -2.28. The van der Waals surface area contributed by atoms with Crippen LogP contribution in [-0.2, 0) is 9.53 Å². The van der Waals surface area contributed by atoms with Crippen LogP contribution in [-0.4, -0.2) is 37.7 Å². The van der Waals surface area contributed by atoms with E-state index in [1.807, 2.05) is 6.92 Å². The maximum absolute atomic E-state index is 11.6. The Labute approximate surface area is 98.1 Å². The molecule has 0 aromatic rings. The van der Waals surface area contributed by atoms with Gasteiger partial charge in [-0.2, -0.15) is 0 Å². The van der Waals surface area contributed by atoms with Crippen molar-refractivity contribution in [3.8, 4) is 0 Å². The Balaban J connectivity index is 2.08. The predicted molar refractivity (Wildman–Crippen MR) is 64.4 cm³/mol. The first-order valence-corrected chi connectivity index (χ1v) is 6.33. The van der Waals surface area contributed by atoms with Crippen molar-refractivity contribution in [2.24, 2.45) is 0 Å². The van der Waals surface area contributed by atoms with Gasteiger partial charge in [-0.15, -0.1) is 0 Å². The topological polar surface area (TPSA) is 50.4 Å². The first-order valence-electron chi connectivity index (χ1n) is 6.33. The van der Waals surface area contributed by atoms with E-state index in [1.54, 1.807) is 0 Å². The second kappa shape index (κ2) is 7.63. The maximum Gasteiger partial charge on any atom is 0.220 e. The zero-order valence-electron chi connectivity index (χ0n) is 10.4. The molecule has 1 rings (SSSR count). The van der Waals surface area contributed by atoms with Gasteiger partial charge < -0.3 is 15.4 Å². The quantitative estimate of drug-likeness (QED) is 0.668. The van der Waals surface area contributed by atoms with Gasteiger partial charge in [-0.1, -0.05) is 0 Å². The van der Waals surface area contributed by atoms with E-state index in [2.05, 4.69) is 17.6 Å². The molecule has 0 aromatic carbocycles. The minimum absolute atomic E-state index is 0.166. The highest BCUT2D eigenvalue weighted by atomic mass is 16.5. The van der Waals surface area contributed by atoms with E-state index in [0.29, 0.717) is 25.1 Å². The van der Waals surface area contributed by atoms with Crippen LogP contribution in [0, 0.1) is 0 Å². The average Bonchev–Trinajstić information content (AvgIpc) is 2.24. The molecule has 0 aliphatic carbocycles. The van der Waals surface area contributed by atoms with E-state index in [0.717, 1.165) is 32.4 Å². The number of piperidine rings is 1. The molecule has 1 aliphatic rings. The summed E-state index contributed by atoms with van der Waals surface area (Å²) in [4.78, 5) is 11.6. The molecule has 1 fully saturated rings. The molecule has 94 valence electrons. The lowest BCUT2D eigenvalue weighted by Crippen LogP contribution is -2.46. The van der Waals surface area contributed by atoms with Crippen LogP contribution in [0.15, 0.2) is 0 Å². The summed E-state index contributed by atoms with van der Waals surface area (Å²) >= 11 is 0. The summed E-state index contributed by atoms with van der Waals surface area (Å²) in [5, 5.41) is 6.47. The summed E-state index contributed by atoms with van der Waals surface area (Å²) in [5.41, 5.74) is 0. The van der Waals surface area contributed by atoms with Gasteiger partial charge in [0.1, 0.15) is 0 Å². The maximum atomic E-state index is 11.6. The molecule has 0 aromatic heterocycles. The average molecular weight is 228 g/mol. The standard InChI is InChI=1S/C12H24N2O2/c1-3-16-8-4-5-12(15)14-11-6-7-13-10(2)9-11/h10-11,13H,3-9H2,1-2H3,(H,14,15). The summed E-state index contributed by atoms with van der Waals surface area (Å²) < 4.78 is 5.20. The molecule has 1 aliphatic heterocycles. The fraction of sp³-hybridized carbons (Fsp3) is 0.917. The molecule has 2 N–H and O–H groups in total. The number of amides is 1. The van der Waals surface area contributed by atoms with Crippen molar-refractivity contribution >= 4 is 5.91 Å². The summed E-state index contributed by atoms with van der Waals surface area (Å²) in [7, 11) is 0. The van der Waals surface area contributed by atoms with Crippen LogP contribution in [0.1, 0.15) is 39.5 Å². The molecule has 2 atom stereocenters. The molecule has 1 amide bonds. The van der Waals surface area contributed by atoms with Crippen molar-refractivity contribution in [3.05, 3.63) is 0 Å². The van der Waals surface area contributed by atoms with Crippen LogP contribution in [0.25, 0.3) is 0 Å². The summed E-state index contributed by atoms with van der Waals surface area (Å²) in [5.74, 6) is 0.166. The van der Waals surface area contributed by atoms with Gasteiger partial charge in [0.25, 0.3) is 0 Å². The Morgan fingerprint density at radius 1 is 1.56 bits per heavy atom. The number of carbonyl (C=O) groups is 1. The van der Waals surface area contributed by atoms with E-state index in [9.17, 15) is 4.79 Å². The molecule has 4 nitrogen and oxygen atoms in total. The van der Waals surface area contributed by atoms with E-state index in [1.165, 1.54) is 0 Å². The van der Waals surface area contributed by atoms with Gasteiger partial charge in [-0.3, -0.25) is 4.79 Å². The molecule has 1 saturated heterocycles. The van der Waals surface area contributed by atoms with Crippen molar-refractivity contribution in [2.45, 2.75) is 51.6 Å². The Bertz CT molecular complexity index is 209. The van der Waals surface area contributed by atoms with Gasteiger partial charge in [0.15, 0.2) is 0 Å². The second-order valence-corrected chi connectivity index (χ2v) is 4.44. The fourth-order valence-electron chi connectivity index (χ4n) is 2.04. The van der Waals surface area contributed by atoms with Crippen LogP contribution < -0.4 is 10.6 Å². The van der Waals surface area contributed by atoms with Crippen molar-refractivity contribution in [1.29, 1.82) is 0 Å². The van der Waals surface area contributed by atoms with E-state index >= 15 is 0 Å². The number of nitrogens with one attached hydrogen (secondary N) is 2. The second-order valence-electron chi connectivity index (χ2n) is 4.44. The van der Waals surface area contributed by atoms with Crippen molar-refractivity contribution in [1.82, 2.24) is 10.6 Å². The Kier molecular flexibility index (Phi) is 6.42. The third kappa shape index (κ3) is 5.47. The summed E-state index contributed by atoms with van der Waals surface area (Å²) in [6.45, 7) is 6.55. The third-order valence-electron chi connectivity index (χ3n) is 2.89. The molecule has 0 spiro atoms. The van der Waals surface area contributed by atoms with Crippen molar-refractivity contribution in [2.75, 3.05) is 19.8 Å². The van der Waals surface area contributed by atoms with Gasteiger partial charge in [-0.05, 0) is 39.7 Å². The first kappa shape index (κ1) is 13.5. The van der Waals surface area contributed by atoms with E-state index in [-0.39, 0.29) is 5.91 Å². The molecular weight excluding hydrogens is 204 g/mol. The highest BCUT2D eigenvalue weighted by Gasteiger charge is 2.19. The molecule has 0 bridgehead atoms. The minimum Gasteiger partial charge on any atom is -0.382 e. The Morgan fingerprint density at radius 2 is 2.38 bits per heavy atom. The lowest BCUT2D eigenvalue weighted by atomic mass is 10.0. The normalized spacial score (nSPS) is 25.4. The number of rotatable bonds is 6. The lowest BCUT2D eigenvalue weighted by molar-refractivity contribution is -0.122. The molecule has 16 heavy (non-hydrogen) atoms. The minimum atomic E-state index is 0.166. The highest BCUT2D eigenvalue weighted by Crippen LogP contribution is 2.08. The highest BCUT2D eigenvalue weighted by molar-refractivity contribution is 5.76. The first-order chi connectivity index (χ1) is 7.72. The fourth-order valence-corrected chi connectivity index (χ4v) is 2.04. The zero-order valence-corrected chi connectivity index (χ0v) is 10.4. The van der Waals surface area contributed by atoms with Crippen molar-refractivity contribution in [3.63, 3.8) is 0 Å². The monoisotopic (exact) mass is 228 g/mol. The van der Waals surface area contributed by atoms with Crippen LogP contribution in [0.3, 0.4) is 0 Å². The molecular formula is C12H24N2O2. The van der Waals surface area contributed by atoms with Crippen LogP contribution in [0.5, 0.6) is 0 Å². The molecule has 1 heterocycles. The Hall–Kier alpha value is -0.610. The van der Waals surface area contributed by atoms with Gasteiger partial charge in [0.2, 0.25) is 5.91 Å². The SMILES string of the molecule is CCOCCCC(=O)NC1CCNC(C)C1. The summed E-state index contributed by atoms with van der Waals surface area (Å²) in [6, 6.07) is 0.873. The number of ether oxygens (including phenoxy) is 1. The molecule has 2 unspecified atom stereocenters. The zero-order chi connectivity index (χ0) is 11.8. The predicted octanol–water partition coefficient (Wildman–Crippen LogP) is 1.06. The van der Waals surface area contributed by atoms with Crippen LogP contribution in [0.2, 0.25) is 0 Å². The van der Waals surface area contributed by atoms with Crippen molar-refractivity contribution < 1.29 is 9.53 Å². The van der Waals surface area contributed by atoms with Crippen LogP contribution >= 0.6 is 0 Å². The number of carbonyl (C=O) groups excluding carboxylic acids is 1. The van der Waals surface area contributed by atoms with Gasteiger partial charge in [0.05, 0.1) is 0 Å². The molecule has 0 saturated carbocycles. The van der Waals surface area contributed by atoms with Gasteiger partial charge in [-0.25, -0.2) is 0 Å².